The lowest BCUT2D eigenvalue weighted by Gasteiger charge is -2.35. The second kappa shape index (κ2) is 8.27. The summed E-state index contributed by atoms with van der Waals surface area (Å²) in [5, 5.41) is 19.4. The van der Waals surface area contributed by atoms with Gasteiger partial charge in [0.2, 0.25) is 5.60 Å². The molecule has 0 saturated carbocycles. The summed E-state index contributed by atoms with van der Waals surface area (Å²) in [5.74, 6) is 0. The van der Waals surface area contributed by atoms with E-state index in [0.29, 0.717) is 6.42 Å². The molecular weight excluding hydrogens is 269 g/mol. The summed E-state index contributed by atoms with van der Waals surface area (Å²) < 4.78 is 38.9. The maximum Gasteiger partial charge on any atom is 0.424 e. The van der Waals surface area contributed by atoms with Gasteiger partial charge in [-0.05, 0) is 12.0 Å². The fraction of sp³-hybridized carbons (Fsp3) is 0.600. The predicted molar refractivity (Wildman–Crippen MR) is 73.3 cm³/mol. The first-order chi connectivity index (χ1) is 9.25. The van der Waals surface area contributed by atoms with Crippen LogP contribution in [0.15, 0.2) is 30.3 Å². The van der Waals surface area contributed by atoms with Crippen molar-refractivity contribution in [2.24, 2.45) is 0 Å². The van der Waals surface area contributed by atoms with Crippen molar-refractivity contribution in [3.05, 3.63) is 35.9 Å². The molecule has 2 N–H and O–H groups in total. The van der Waals surface area contributed by atoms with Crippen LogP contribution in [0.4, 0.5) is 13.2 Å². The number of aliphatic hydroxyl groups is 2. The van der Waals surface area contributed by atoms with Gasteiger partial charge in [-0.1, -0.05) is 63.9 Å². The molecule has 0 aliphatic carbocycles. The summed E-state index contributed by atoms with van der Waals surface area (Å²) in [7, 11) is 0. The fourth-order valence-electron chi connectivity index (χ4n) is 1.72. The molecule has 0 spiro atoms. The van der Waals surface area contributed by atoms with Crippen molar-refractivity contribution in [3.63, 3.8) is 0 Å². The molecule has 0 heterocycles. The van der Waals surface area contributed by atoms with E-state index in [1.807, 2.05) is 0 Å². The Morgan fingerprint density at radius 3 is 1.85 bits per heavy atom. The van der Waals surface area contributed by atoms with E-state index < -0.39 is 17.9 Å². The molecule has 116 valence electrons. The maximum atomic E-state index is 13.0. The van der Waals surface area contributed by atoms with Crippen molar-refractivity contribution in [2.45, 2.75) is 57.9 Å². The van der Waals surface area contributed by atoms with Crippen LogP contribution in [-0.4, -0.2) is 22.5 Å². The quantitative estimate of drug-likeness (QED) is 0.880. The third kappa shape index (κ3) is 4.49. The Balaban J connectivity index is 0.00000110. The van der Waals surface area contributed by atoms with Crippen LogP contribution in [0.2, 0.25) is 0 Å². The highest BCUT2D eigenvalue weighted by atomic mass is 19.4. The Morgan fingerprint density at radius 2 is 1.50 bits per heavy atom. The zero-order chi connectivity index (χ0) is 15.8. The van der Waals surface area contributed by atoms with Gasteiger partial charge in [0.25, 0.3) is 0 Å². The minimum atomic E-state index is -4.91. The SMILES string of the molecule is CCC.CCC[C@@H](O)[C@@](O)(c1ccccc1)C(F)(F)F. The van der Waals surface area contributed by atoms with Crippen LogP contribution in [-0.2, 0) is 5.60 Å². The molecule has 0 amide bonds. The molecule has 0 saturated heterocycles. The average Bonchev–Trinajstić information content (AvgIpc) is 2.38. The molecule has 1 aromatic rings. The van der Waals surface area contributed by atoms with Crippen molar-refractivity contribution in [1.82, 2.24) is 0 Å². The third-order valence-corrected chi connectivity index (χ3v) is 2.69. The fourth-order valence-corrected chi connectivity index (χ4v) is 1.72. The topological polar surface area (TPSA) is 40.5 Å². The molecule has 0 radical (unpaired) electrons. The van der Waals surface area contributed by atoms with Crippen LogP contribution in [0.25, 0.3) is 0 Å². The molecule has 5 heteroatoms. The Labute approximate surface area is 118 Å². The van der Waals surface area contributed by atoms with Gasteiger partial charge >= 0.3 is 6.18 Å². The third-order valence-electron chi connectivity index (χ3n) is 2.69. The van der Waals surface area contributed by atoms with Crippen molar-refractivity contribution >= 4 is 0 Å². The highest BCUT2D eigenvalue weighted by Gasteiger charge is 2.59. The van der Waals surface area contributed by atoms with E-state index in [1.54, 1.807) is 13.0 Å². The number of rotatable bonds is 4. The van der Waals surface area contributed by atoms with Gasteiger partial charge in [-0.25, -0.2) is 0 Å². The summed E-state index contributed by atoms with van der Waals surface area (Å²) in [5.41, 5.74) is -3.54. The van der Waals surface area contributed by atoms with Gasteiger partial charge in [0.1, 0.15) is 0 Å². The molecular formula is C15H23F3O2. The molecule has 0 fully saturated rings. The van der Waals surface area contributed by atoms with Gasteiger partial charge in [0.05, 0.1) is 6.10 Å². The van der Waals surface area contributed by atoms with Gasteiger partial charge in [-0.15, -0.1) is 0 Å². The first-order valence-corrected chi connectivity index (χ1v) is 6.78. The Kier molecular flexibility index (Phi) is 7.83. The van der Waals surface area contributed by atoms with E-state index in [1.165, 1.54) is 18.6 Å². The lowest BCUT2D eigenvalue weighted by atomic mass is 9.85. The van der Waals surface area contributed by atoms with E-state index in [0.717, 1.165) is 12.1 Å². The van der Waals surface area contributed by atoms with Crippen LogP contribution in [0.1, 0.15) is 45.6 Å². The smallest absolute Gasteiger partial charge is 0.389 e. The van der Waals surface area contributed by atoms with Gasteiger partial charge in [-0.2, -0.15) is 13.2 Å². The summed E-state index contributed by atoms with van der Waals surface area (Å²) in [6, 6.07) is 6.65. The van der Waals surface area contributed by atoms with Crippen molar-refractivity contribution in [1.29, 1.82) is 0 Å². The summed E-state index contributed by atoms with van der Waals surface area (Å²) >= 11 is 0. The highest BCUT2D eigenvalue weighted by molar-refractivity contribution is 5.25. The molecule has 0 aliphatic rings. The Bertz CT molecular complexity index is 365. The van der Waals surface area contributed by atoms with E-state index in [-0.39, 0.29) is 12.0 Å². The van der Waals surface area contributed by atoms with Crippen LogP contribution in [0.3, 0.4) is 0 Å². The molecule has 0 unspecified atom stereocenters. The predicted octanol–water partition coefficient (Wildman–Crippen LogP) is 4.01. The van der Waals surface area contributed by atoms with Crippen LogP contribution >= 0.6 is 0 Å². The van der Waals surface area contributed by atoms with E-state index in [2.05, 4.69) is 13.8 Å². The van der Waals surface area contributed by atoms with Crippen molar-refractivity contribution in [3.8, 4) is 0 Å². The normalized spacial score (nSPS) is 15.8. The standard InChI is InChI=1S/C12H15F3O2.C3H8/c1-2-6-10(16)11(17,12(13,14)15)9-7-4-3-5-8-9;1-3-2/h3-5,7-8,10,16-17H,2,6H2,1H3;3H2,1-2H3/t10-,11+;/m1./s1. The first kappa shape index (κ1) is 18.9. The molecule has 1 aromatic carbocycles. The first-order valence-electron chi connectivity index (χ1n) is 6.78. The molecule has 1 rings (SSSR count). The lowest BCUT2D eigenvalue weighted by molar-refractivity contribution is -0.298. The zero-order valence-electron chi connectivity index (χ0n) is 12.1. The van der Waals surface area contributed by atoms with Gasteiger partial charge in [0.15, 0.2) is 0 Å². The molecule has 2 nitrogen and oxygen atoms in total. The van der Waals surface area contributed by atoms with Crippen LogP contribution in [0, 0.1) is 0 Å². The minimum Gasteiger partial charge on any atom is -0.389 e. The zero-order valence-corrected chi connectivity index (χ0v) is 12.1. The molecule has 2 atom stereocenters. The van der Waals surface area contributed by atoms with Crippen LogP contribution in [0.5, 0.6) is 0 Å². The molecule has 0 bridgehead atoms. The number of hydrogen-bond acceptors (Lipinski definition) is 2. The summed E-state index contributed by atoms with van der Waals surface area (Å²) in [4.78, 5) is 0. The number of aliphatic hydroxyl groups excluding tert-OH is 1. The van der Waals surface area contributed by atoms with E-state index in [4.69, 9.17) is 0 Å². The number of hydrogen-bond donors (Lipinski definition) is 2. The number of halogens is 3. The number of alkyl halides is 3. The van der Waals surface area contributed by atoms with E-state index in [9.17, 15) is 23.4 Å². The molecule has 0 aliphatic heterocycles. The Hall–Kier alpha value is -1.07. The molecule has 20 heavy (non-hydrogen) atoms. The highest BCUT2D eigenvalue weighted by Crippen LogP contribution is 2.42. The molecule has 0 aromatic heterocycles. The summed E-state index contributed by atoms with van der Waals surface area (Å²) in [6.07, 6.45) is -5.30. The van der Waals surface area contributed by atoms with Gasteiger partial charge in [0, 0.05) is 0 Å². The largest absolute Gasteiger partial charge is 0.424 e. The monoisotopic (exact) mass is 292 g/mol. The van der Waals surface area contributed by atoms with Gasteiger partial charge in [-0.3, -0.25) is 0 Å². The van der Waals surface area contributed by atoms with Crippen molar-refractivity contribution in [2.75, 3.05) is 0 Å². The second-order valence-electron chi connectivity index (χ2n) is 4.64. The van der Waals surface area contributed by atoms with Crippen molar-refractivity contribution < 1.29 is 23.4 Å². The second-order valence-corrected chi connectivity index (χ2v) is 4.64. The minimum absolute atomic E-state index is 0.120. The van der Waals surface area contributed by atoms with Gasteiger partial charge < -0.3 is 10.2 Å². The lowest BCUT2D eigenvalue weighted by Crippen LogP contribution is -2.51. The maximum absolute atomic E-state index is 13.0. The number of benzene rings is 1. The summed E-state index contributed by atoms with van der Waals surface area (Å²) in [6.45, 7) is 5.89. The average molecular weight is 292 g/mol. The Morgan fingerprint density at radius 1 is 1.05 bits per heavy atom. The van der Waals surface area contributed by atoms with E-state index >= 15 is 0 Å². The van der Waals surface area contributed by atoms with Crippen LogP contribution < -0.4 is 0 Å².